The quantitative estimate of drug-likeness (QED) is 0.595. The number of nitrogens with zero attached hydrogens (tertiary/aromatic N) is 5. The Kier molecular flexibility index (Phi) is 5.96. The SMILES string of the molecule is CCOC(=O)N1CCN(C(=O)c2cnn3c(C(F)(F)F)cc(-c4ccc(C)cc4)nc23)CC1. The van der Waals surface area contributed by atoms with Crippen LogP contribution in [-0.4, -0.2) is 69.2 Å². The lowest BCUT2D eigenvalue weighted by Gasteiger charge is -2.33. The highest BCUT2D eigenvalue weighted by atomic mass is 19.4. The average molecular weight is 461 g/mol. The second kappa shape index (κ2) is 8.72. The Labute approximate surface area is 187 Å². The van der Waals surface area contributed by atoms with E-state index < -0.39 is 23.9 Å². The summed E-state index contributed by atoms with van der Waals surface area (Å²) in [7, 11) is 0. The molecule has 1 fully saturated rings. The molecule has 33 heavy (non-hydrogen) atoms. The number of benzene rings is 1. The summed E-state index contributed by atoms with van der Waals surface area (Å²) in [6.45, 7) is 4.79. The maximum Gasteiger partial charge on any atom is 0.433 e. The molecule has 3 aromatic rings. The molecule has 4 rings (SSSR count). The van der Waals surface area contributed by atoms with Crippen LogP contribution in [0.25, 0.3) is 16.9 Å². The Bertz CT molecular complexity index is 1180. The normalized spacial score (nSPS) is 14.6. The highest BCUT2D eigenvalue weighted by Crippen LogP contribution is 2.33. The summed E-state index contributed by atoms with van der Waals surface area (Å²) < 4.78 is 47.0. The number of aryl methyl sites for hydroxylation is 1. The predicted octanol–water partition coefficient (Wildman–Crippen LogP) is 3.64. The molecule has 0 aliphatic carbocycles. The molecule has 1 saturated heterocycles. The lowest BCUT2D eigenvalue weighted by Crippen LogP contribution is -2.50. The van der Waals surface area contributed by atoms with Crippen LogP contribution in [0.4, 0.5) is 18.0 Å². The first-order chi connectivity index (χ1) is 15.7. The van der Waals surface area contributed by atoms with Crippen molar-refractivity contribution >= 4 is 17.6 Å². The number of hydrogen-bond donors (Lipinski definition) is 0. The fraction of sp³-hybridized carbons (Fsp3) is 0.364. The van der Waals surface area contributed by atoms with Crippen LogP contribution >= 0.6 is 0 Å². The summed E-state index contributed by atoms with van der Waals surface area (Å²) in [6.07, 6.45) is -4.05. The number of halogens is 3. The molecular weight excluding hydrogens is 439 g/mol. The fourth-order valence-corrected chi connectivity index (χ4v) is 3.67. The van der Waals surface area contributed by atoms with Crippen LogP contribution in [0.2, 0.25) is 0 Å². The second-order valence-electron chi connectivity index (χ2n) is 7.66. The Morgan fingerprint density at radius 1 is 1.06 bits per heavy atom. The Morgan fingerprint density at radius 2 is 1.70 bits per heavy atom. The van der Waals surface area contributed by atoms with Gasteiger partial charge >= 0.3 is 12.3 Å². The van der Waals surface area contributed by atoms with E-state index in [2.05, 4.69) is 10.1 Å². The molecule has 1 aliphatic rings. The minimum Gasteiger partial charge on any atom is -0.450 e. The van der Waals surface area contributed by atoms with Crippen molar-refractivity contribution in [3.63, 3.8) is 0 Å². The summed E-state index contributed by atoms with van der Waals surface area (Å²) in [5.41, 5.74) is 0.331. The minimum atomic E-state index is -4.70. The summed E-state index contributed by atoms with van der Waals surface area (Å²) in [6, 6.07) is 7.85. The zero-order chi connectivity index (χ0) is 23.8. The van der Waals surface area contributed by atoms with Gasteiger partial charge in [0.1, 0.15) is 5.56 Å². The maximum absolute atomic E-state index is 13.8. The molecule has 0 N–H and O–H groups in total. The van der Waals surface area contributed by atoms with E-state index in [1.807, 2.05) is 6.92 Å². The Morgan fingerprint density at radius 3 is 2.30 bits per heavy atom. The third-order valence-corrected chi connectivity index (χ3v) is 5.43. The van der Waals surface area contributed by atoms with E-state index in [4.69, 9.17) is 4.74 Å². The first kappa shape index (κ1) is 22.6. The molecule has 11 heteroatoms. The van der Waals surface area contributed by atoms with Crippen LogP contribution in [-0.2, 0) is 10.9 Å². The van der Waals surface area contributed by atoms with Crippen LogP contribution < -0.4 is 0 Å². The van der Waals surface area contributed by atoms with E-state index in [1.54, 1.807) is 31.2 Å². The third kappa shape index (κ3) is 4.48. The minimum absolute atomic E-state index is 0.0287. The molecule has 8 nitrogen and oxygen atoms in total. The molecule has 2 aromatic heterocycles. The number of fused-ring (bicyclic) bond motifs is 1. The van der Waals surface area contributed by atoms with Crippen molar-refractivity contribution in [3.8, 4) is 11.3 Å². The summed E-state index contributed by atoms with van der Waals surface area (Å²) >= 11 is 0. The molecule has 2 amide bonds. The van der Waals surface area contributed by atoms with Crippen molar-refractivity contribution in [2.45, 2.75) is 20.0 Å². The van der Waals surface area contributed by atoms with Gasteiger partial charge in [-0.2, -0.15) is 18.3 Å². The van der Waals surface area contributed by atoms with E-state index in [1.165, 1.54) is 9.80 Å². The van der Waals surface area contributed by atoms with Gasteiger partial charge in [0.05, 0.1) is 18.5 Å². The van der Waals surface area contributed by atoms with Gasteiger partial charge < -0.3 is 14.5 Å². The number of carbonyl (C=O) groups is 2. The smallest absolute Gasteiger partial charge is 0.433 e. The van der Waals surface area contributed by atoms with Crippen molar-refractivity contribution in [2.24, 2.45) is 0 Å². The van der Waals surface area contributed by atoms with Gasteiger partial charge in [0.25, 0.3) is 5.91 Å². The Hall–Kier alpha value is -3.63. The number of amides is 2. The topological polar surface area (TPSA) is 80.0 Å². The molecule has 174 valence electrons. The van der Waals surface area contributed by atoms with Crippen LogP contribution in [0.3, 0.4) is 0 Å². The molecule has 0 bridgehead atoms. The van der Waals surface area contributed by atoms with Gasteiger partial charge in [0.15, 0.2) is 11.3 Å². The van der Waals surface area contributed by atoms with Gasteiger partial charge in [-0.15, -0.1) is 0 Å². The molecule has 1 aliphatic heterocycles. The molecule has 0 atom stereocenters. The molecular formula is C22H22F3N5O3. The number of rotatable bonds is 3. The number of ether oxygens (including phenoxy) is 1. The van der Waals surface area contributed by atoms with Crippen LogP contribution in [0.15, 0.2) is 36.5 Å². The lowest BCUT2D eigenvalue weighted by atomic mass is 10.1. The number of piperazine rings is 1. The lowest BCUT2D eigenvalue weighted by molar-refractivity contribution is -0.142. The monoisotopic (exact) mass is 461 g/mol. The number of aromatic nitrogens is 3. The molecule has 3 heterocycles. The van der Waals surface area contributed by atoms with Crippen molar-refractivity contribution in [1.82, 2.24) is 24.4 Å². The standard InChI is InChI=1S/C22H22F3N5O3/c1-3-33-21(32)29-10-8-28(9-11-29)20(31)16-13-26-30-18(22(23,24)25)12-17(27-19(16)30)15-6-4-14(2)5-7-15/h4-7,12-13H,3,8-11H2,1-2H3. The van der Waals surface area contributed by atoms with Crippen molar-refractivity contribution < 1.29 is 27.5 Å². The van der Waals surface area contributed by atoms with Crippen molar-refractivity contribution in [3.05, 3.63) is 53.3 Å². The third-order valence-electron chi connectivity index (χ3n) is 5.43. The fourth-order valence-electron chi connectivity index (χ4n) is 3.67. The molecule has 1 aromatic carbocycles. The molecule has 0 unspecified atom stereocenters. The van der Waals surface area contributed by atoms with E-state index in [9.17, 15) is 22.8 Å². The van der Waals surface area contributed by atoms with Gasteiger partial charge in [-0.1, -0.05) is 29.8 Å². The molecule has 0 radical (unpaired) electrons. The van der Waals surface area contributed by atoms with Crippen LogP contribution in [0, 0.1) is 6.92 Å². The zero-order valence-electron chi connectivity index (χ0n) is 18.1. The zero-order valence-corrected chi connectivity index (χ0v) is 18.1. The van der Waals surface area contributed by atoms with Gasteiger partial charge in [-0.3, -0.25) is 4.79 Å². The highest BCUT2D eigenvalue weighted by Gasteiger charge is 2.36. The summed E-state index contributed by atoms with van der Waals surface area (Å²) in [5, 5.41) is 3.82. The number of hydrogen-bond acceptors (Lipinski definition) is 5. The van der Waals surface area contributed by atoms with Gasteiger partial charge in [-0.05, 0) is 19.9 Å². The van der Waals surface area contributed by atoms with Crippen LogP contribution in [0.5, 0.6) is 0 Å². The predicted molar refractivity (Wildman–Crippen MR) is 113 cm³/mol. The van der Waals surface area contributed by atoms with Gasteiger partial charge in [-0.25, -0.2) is 14.3 Å². The van der Waals surface area contributed by atoms with E-state index in [0.717, 1.165) is 17.8 Å². The number of alkyl halides is 3. The summed E-state index contributed by atoms with van der Waals surface area (Å²) in [5.74, 6) is -0.491. The number of carbonyl (C=O) groups excluding carboxylic acids is 2. The summed E-state index contributed by atoms with van der Waals surface area (Å²) in [4.78, 5) is 32.3. The van der Waals surface area contributed by atoms with Crippen LogP contribution in [0.1, 0.15) is 28.5 Å². The first-order valence-corrected chi connectivity index (χ1v) is 10.4. The van der Waals surface area contributed by atoms with Gasteiger partial charge in [0, 0.05) is 31.7 Å². The molecule has 0 saturated carbocycles. The largest absolute Gasteiger partial charge is 0.450 e. The maximum atomic E-state index is 13.8. The van der Waals surface area contributed by atoms with Crippen molar-refractivity contribution in [1.29, 1.82) is 0 Å². The Balaban J connectivity index is 1.69. The second-order valence-corrected chi connectivity index (χ2v) is 7.66. The van der Waals surface area contributed by atoms with E-state index >= 15 is 0 Å². The first-order valence-electron chi connectivity index (χ1n) is 10.4. The average Bonchev–Trinajstić information content (AvgIpc) is 3.22. The van der Waals surface area contributed by atoms with E-state index in [0.29, 0.717) is 10.1 Å². The van der Waals surface area contributed by atoms with Gasteiger partial charge in [0.2, 0.25) is 0 Å². The van der Waals surface area contributed by atoms with E-state index in [-0.39, 0.29) is 49.7 Å². The highest BCUT2D eigenvalue weighted by molar-refractivity contribution is 6.00. The van der Waals surface area contributed by atoms with Crippen molar-refractivity contribution in [2.75, 3.05) is 32.8 Å². The molecule has 0 spiro atoms.